The maximum atomic E-state index is 12.8. The highest BCUT2D eigenvalue weighted by Crippen LogP contribution is 2.38. The minimum absolute atomic E-state index is 0.0361. The first-order chi connectivity index (χ1) is 38.0. The molecule has 0 aromatic rings. The van der Waals surface area contributed by atoms with Crippen molar-refractivity contribution in [2.24, 2.45) is 0 Å². The number of quaternary nitrogens is 1. The van der Waals surface area contributed by atoms with E-state index >= 15 is 0 Å². The van der Waals surface area contributed by atoms with E-state index in [0.717, 1.165) is 89.9 Å². The van der Waals surface area contributed by atoms with Gasteiger partial charge in [-0.3, -0.25) is 14.2 Å². The van der Waals surface area contributed by atoms with E-state index in [-0.39, 0.29) is 32.0 Å². The van der Waals surface area contributed by atoms with Gasteiger partial charge >= 0.3 is 11.9 Å². The third-order valence-corrected chi connectivity index (χ3v) is 14.6. The number of ether oxygens (including phenoxy) is 2. The summed E-state index contributed by atoms with van der Waals surface area (Å²) >= 11 is 0. The molecule has 0 fully saturated rings. The van der Waals surface area contributed by atoms with E-state index in [1.807, 2.05) is 21.1 Å². The predicted molar refractivity (Wildman–Crippen MR) is 332 cm³/mol. The zero-order valence-corrected chi connectivity index (χ0v) is 52.0. The molecule has 0 aliphatic carbocycles. The van der Waals surface area contributed by atoms with Crippen LogP contribution in [0.5, 0.6) is 0 Å². The van der Waals surface area contributed by atoms with Gasteiger partial charge in [0.25, 0.3) is 7.82 Å². The van der Waals surface area contributed by atoms with Crippen LogP contribution in [0.3, 0.4) is 0 Å². The average Bonchev–Trinajstić information content (AvgIpc) is 3.40. The molecule has 0 N–H and O–H groups in total. The average molecular weight is 1110 g/mol. The van der Waals surface area contributed by atoms with Crippen molar-refractivity contribution in [2.75, 3.05) is 47.5 Å². The first-order valence-electron chi connectivity index (χ1n) is 31.9. The van der Waals surface area contributed by atoms with Crippen LogP contribution in [0.2, 0.25) is 0 Å². The molecule has 0 spiro atoms. The topological polar surface area (TPSA) is 111 Å². The number of phosphoric acid groups is 1. The lowest BCUT2D eigenvalue weighted by Gasteiger charge is -2.28. The van der Waals surface area contributed by atoms with Crippen LogP contribution in [0.25, 0.3) is 0 Å². The van der Waals surface area contributed by atoms with Crippen LogP contribution in [0.1, 0.15) is 271 Å². The number of carbonyl (C=O) groups excluding carboxylic acids is 2. The number of hydrogen-bond donors (Lipinski definition) is 0. The summed E-state index contributed by atoms with van der Waals surface area (Å²) in [4.78, 5) is 38.0. The molecule has 0 aromatic carbocycles. The van der Waals surface area contributed by atoms with Gasteiger partial charge in [-0.2, -0.15) is 0 Å². The van der Waals surface area contributed by atoms with Crippen molar-refractivity contribution >= 4 is 19.8 Å². The highest BCUT2D eigenvalue weighted by Gasteiger charge is 2.22. The third-order valence-electron chi connectivity index (χ3n) is 13.6. The second kappa shape index (κ2) is 58.6. The van der Waals surface area contributed by atoms with Crippen molar-refractivity contribution in [3.05, 3.63) is 97.2 Å². The number of rotatable bonds is 58. The molecule has 0 aliphatic rings. The first kappa shape index (κ1) is 74.9. The monoisotopic (exact) mass is 1110 g/mol. The van der Waals surface area contributed by atoms with Crippen LogP contribution in [-0.4, -0.2) is 70.0 Å². The SMILES string of the molecule is CC/C=C\C/C=C\C/C=C\C/C=C\C/C=C\CCCCCCCCCCCC(=O)OC(COC(=O)CCCCCCCCCCCCCCCC/C=C\C/C=C\C/C=C\CCCCCCC)COP(=O)([O-])OCC[N+](C)(C)C. The number of hydrogen-bond acceptors (Lipinski definition) is 8. The van der Waals surface area contributed by atoms with Crippen LogP contribution in [0.15, 0.2) is 97.2 Å². The van der Waals surface area contributed by atoms with E-state index in [2.05, 4.69) is 111 Å². The summed E-state index contributed by atoms with van der Waals surface area (Å²) in [6.07, 6.45) is 80.3. The smallest absolute Gasteiger partial charge is 0.306 e. The zero-order valence-electron chi connectivity index (χ0n) is 51.1. The molecule has 2 unspecified atom stereocenters. The van der Waals surface area contributed by atoms with E-state index in [1.54, 1.807) is 0 Å². The number of nitrogens with zero attached hydrogens (tertiary/aromatic N) is 1. The summed E-state index contributed by atoms with van der Waals surface area (Å²) in [6, 6.07) is 0. The van der Waals surface area contributed by atoms with E-state index in [0.29, 0.717) is 17.4 Å². The van der Waals surface area contributed by atoms with Gasteiger partial charge < -0.3 is 27.9 Å². The zero-order chi connectivity index (χ0) is 57.0. The Hall–Kier alpha value is -3.07. The lowest BCUT2D eigenvalue weighted by Crippen LogP contribution is -2.37. The molecule has 10 heteroatoms. The van der Waals surface area contributed by atoms with Crippen molar-refractivity contribution in [3.63, 3.8) is 0 Å². The van der Waals surface area contributed by atoms with Gasteiger partial charge in [0.2, 0.25) is 0 Å². The van der Waals surface area contributed by atoms with Gasteiger partial charge in [0, 0.05) is 12.8 Å². The van der Waals surface area contributed by atoms with Crippen LogP contribution < -0.4 is 4.89 Å². The van der Waals surface area contributed by atoms with Crippen LogP contribution in [-0.2, 0) is 32.7 Å². The maximum absolute atomic E-state index is 12.8. The van der Waals surface area contributed by atoms with E-state index in [4.69, 9.17) is 18.5 Å². The Balaban J connectivity index is 4.13. The fraction of sp³-hybridized carbons (Fsp3) is 0.735. The Morgan fingerprint density at radius 2 is 0.731 bits per heavy atom. The molecule has 0 aromatic heterocycles. The van der Waals surface area contributed by atoms with Gasteiger partial charge in [0.1, 0.15) is 19.8 Å². The molecule has 0 aliphatic heterocycles. The van der Waals surface area contributed by atoms with Gasteiger partial charge in [-0.25, -0.2) is 0 Å². The predicted octanol–water partition coefficient (Wildman–Crippen LogP) is 19.7. The summed E-state index contributed by atoms with van der Waals surface area (Å²) in [6.45, 7) is 4.12. The largest absolute Gasteiger partial charge is 0.756 e. The molecule has 0 heterocycles. The van der Waals surface area contributed by atoms with Crippen LogP contribution in [0, 0.1) is 0 Å². The normalized spacial score (nSPS) is 13.9. The second-order valence-corrected chi connectivity index (χ2v) is 23.8. The van der Waals surface area contributed by atoms with Crippen molar-refractivity contribution < 1.29 is 42.1 Å². The molecule has 0 rings (SSSR count). The van der Waals surface area contributed by atoms with Gasteiger partial charge in [-0.1, -0.05) is 259 Å². The number of unbranched alkanes of at least 4 members (excludes halogenated alkanes) is 28. The van der Waals surface area contributed by atoms with Crippen LogP contribution in [0.4, 0.5) is 0 Å². The third kappa shape index (κ3) is 62.1. The Morgan fingerprint density at radius 1 is 0.410 bits per heavy atom. The molecule has 0 radical (unpaired) electrons. The molecular weight excluding hydrogens is 990 g/mol. The van der Waals surface area contributed by atoms with Crippen LogP contribution >= 0.6 is 7.82 Å². The molecule has 9 nitrogen and oxygen atoms in total. The molecule has 450 valence electrons. The van der Waals surface area contributed by atoms with E-state index in [1.165, 1.54) is 148 Å². The number of allylic oxidation sites excluding steroid dienone is 16. The molecule has 0 saturated carbocycles. The summed E-state index contributed by atoms with van der Waals surface area (Å²) in [5, 5.41) is 0. The van der Waals surface area contributed by atoms with Gasteiger partial charge in [-0.05, 0) is 96.3 Å². The summed E-state index contributed by atoms with van der Waals surface area (Å²) in [5.74, 6) is -0.839. The standard InChI is InChI=1S/C68H120NO8P/c1-6-8-10-12-14-16-18-20-22-24-26-28-30-32-33-34-35-37-38-40-42-44-46-48-50-52-54-56-58-60-67(70)74-64-66(65-76-78(72,73)75-63-62-69(3,4)5)77-68(71)61-59-57-55-53-51-49-47-45-43-41-39-36-31-29-27-25-23-21-19-17-15-13-11-9-7-2/h9,11,15,17-18,20-21,23-24,26-27,29-30,32,36,39,66H,6-8,10,12-14,16,19,22,25,28,31,33-35,37-38,40-65H2,1-5H3/b11-9-,17-15-,20-18-,23-21-,26-24-,29-27-,32-30-,39-36-. The summed E-state index contributed by atoms with van der Waals surface area (Å²) in [7, 11) is 1.16. The molecule has 0 amide bonds. The number of phosphoric ester groups is 1. The maximum Gasteiger partial charge on any atom is 0.306 e. The van der Waals surface area contributed by atoms with Crippen molar-refractivity contribution in [1.82, 2.24) is 0 Å². The molecular formula is C68H120NO8P. The fourth-order valence-electron chi connectivity index (χ4n) is 8.69. The van der Waals surface area contributed by atoms with Crippen molar-refractivity contribution in [3.8, 4) is 0 Å². The minimum Gasteiger partial charge on any atom is -0.756 e. The Kier molecular flexibility index (Phi) is 56.3. The quantitative estimate of drug-likeness (QED) is 0.0195. The van der Waals surface area contributed by atoms with Gasteiger partial charge in [0.05, 0.1) is 27.7 Å². The second-order valence-electron chi connectivity index (χ2n) is 22.4. The Morgan fingerprint density at radius 3 is 1.09 bits per heavy atom. The Labute approximate surface area is 481 Å². The van der Waals surface area contributed by atoms with Gasteiger partial charge in [-0.15, -0.1) is 0 Å². The van der Waals surface area contributed by atoms with E-state index < -0.39 is 26.5 Å². The summed E-state index contributed by atoms with van der Waals surface area (Å²) < 4.78 is 34.2. The number of likely N-dealkylation sites (N-methyl/N-ethyl adjacent to an activating group) is 1. The highest BCUT2D eigenvalue weighted by atomic mass is 31.2. The molecule has 0 bridgehead atoms. The molecule has 2 atom stereocenters. The van der Waals surface area contributed by atoms with Crippen molar-refractivity contribution in [1.29, 1.82) is 0 Å². The lowest BCUT2D eigenvalue weighted by atomic mass is 10.0. The number of esters is 2. The van der Waals surface area contributed by atoms with Crippen molar-refractivity contribution in [2.45, 2.75) is 277 Å². The fourth-order valence-corrected chi connectivity index (χ4v) is 9.42. The molecule has 0 saturated heterocycles. The molecule has 78 heavy (non-hydrogen) atoms. The lowest BCUT2D eigenvalue weighted by molar-refractivity contribution is -0.870. The number of carbonyl (C=O) groups is 2. The summed E-state index contributed by atoms with van der Waals surface area (Å²) in [5.41, 5.74) is 0. The van der Waals surface area contributed by atoms with Gasteiger partial charge in [0.15, 0.2) is 6.10 Å². The van der Waals surface area contributed by atoms with E-state index in [9.17, 15) is 19.0 Å². The Bertz CT molecular complexity index is 1640. The highest BCUT2D eigenvalue weighted by molar-refractivity contribution is 7.45. The first-order valence-corrected chi connectivity index (χ1v) is 33.4. The minimum atomic E-state index is -4.65.